The van der Waals surface area contributed by atoms with Crippen molar-refractivity contribution in [3.05, 3.63) is 69.5 Å². The van der Waals surface area contributed by atoms with E-state index in [4.69, 9.17) is 4.74 Å². The summed E-state index contributed by atoms with van der Waals surface area (Å²) >= 11 is 0. The summed E-state index contributed by atoms with van der Waals surface area (Å²) in [5, 5.41) is 12.9. The second-order valence-corrected chi connectivity index (χ2v) is 5.08. The number of hydrogen-bond acceptors (Lipinski definition) is 5. The van der Waals surface area contributed by atoms with Gasteiger partial charge in [0.05, 0.1) is 10.5 Å². The maximum atomic E-state index is 13.5. The predicted molar refractivity (Wildman–Crippen MR) is 82.9 cm³/mol. The number of esters is 1. The van der Waals surface area contributed by atoms with Crippen LogP contribution in [0, 0.1) is 27.6 Å². The van der Waals surface area contributed by atoms with Gasteiger partial charge >= 0.3 is 11.7 Å². The summed E-state index contributed by atoms with van der Waals surface area (Å²) in [6, 6.07) is 4.86. The number of nitrogens with one attached hydrogen (secondary N) is 1. The van der Waals surface area contributed by atoms with Crippen LogP contribution in [0.2, 0.25) is 0 Å². The molecule has 0 aromatic heterocycles. The van der Waals surface area contributed by atoms with Gasteiger partial charge in [-0.3, -0.25) is 14.9 Å². The number of nitro groups is 1. The Hall–Kier alpha value is -3.43. The molecule has 26 heavy (non-hydrogen) atoms. The smallest absolute Gasteiger partial charge is 0.341 e. The van der Waals surface area contributed by atoms with Crippen molar-refractivity contribution < 1.29 is 32.4 Å². The molecular formula is C16H11F3N2O5. The molecule has 0 spiro atoms. The summed E-state index contributed by atoms with van der Waals surface area (Å²) < 4.78 is 44.4. The van der Waals surface area contributed by atoms with Crippen molar-refractivity contribution in [3.8, 4) is 0 Å². The molecule has 10 heteroatoms. The van der Waals surface area contributed by atoms with E-state index >= 15 is 0 Å². The number of anilines is 1. The van der Waals surface area contributed by atoms with Gasteiger partial charge in [-0.15, -0.1) is 0 Å². The van der Waals surface area contributed by atoms with Crippen LogP contribution in [0.1, 0.15) is 17.3 Å². The van der Waals surface area contributed by atoms with E-state index in [9.17, 15) is 32.9 Å². The van der Waals surface area contributed by atoms with E-state index in [2.05, 4.69) is 5.32 Å². The SMILES string of the molecule is CC(OC(=O)c1ccc(F)cc1F)C(=O)Nc1ccc(F)c([N+](=O)[O-])c1. The molecule has 1 N–H and O–H groups in total. The number of amides is 1. The van der Waals surface area contributed by atoms with Crippen LogP contribution in [0.4, 0.5) is 24.5 Å². The van der Waals surface area contributed by atoms with E-state index < -0.39 is 51.6 Å². The number of ether oxygens (including phenoxy) is 1. The van der Waals surface area contributed by atoms with Crippen molar-refractivity contribution >= 4 is 23.3 Å². The van der Waals surface area contributed by atoms with Crippen LogP contribution in [-0.4, -0.2) is 22.9 Å². The molecule has 0 aliphatic carbocycles. The third kappa shape index (κ3) is 4.35. The van der Waals surface area contributed by atoms with Crippen LogP contribution in [-0.2, 0) is 9.53 Å². The van der Waals surface area contributed by atoms with Crippen LogP contribution in [0.3, 0.4) is 0 Å². The van der Waals surface area contributed by atoms with Crippen molar-refractivity contribution in [2.45, 2.75) is 13.0 Å². The summed E-state index contributed by atoms with van der Waals surface area (Å²) in [6.07, 6.45) is -1.41. The molecule has 0 aliphatic heterocycles. The monoisotopic (exact) mass is 368 g/mol. The fourth-order valence-electron chi connectivity index (χ4n) is 1.91. The Morgan fingerprint density at radius 3 is 2.42 bits per heavy atom. The first-order valence-electron chi connectivity index (χ1n) is 7.10. The molecule has 0 bridgehead atoms. The third-order valence-electron chi connectivity index (χ3n) is 3.21. The first kappa shape index (κ1) is 18.9. The quantitative estimate of drug-likeness (QED) is 0.496. The van der Waals surface area contributed by atoms with Crippen LogP contribution in [0.5, 0.6) is 0 Å². The molecule has 0 aliphatic rings. The molecule has 0 saturated carbocycles. The van der Waals surface area contributed by atoms with Gasteiger partial charge < -0.3 is 10.1 Å². The topological polar surface area (TPSA) is 98.5 Å². The summed E-state index contributed by atoms with van der Waals surface area (Å²) in [6.45, 7) is 1.17. The number of nitrogens with zero attached hydrogens (tertiary/aromatic N) is 1. The van der Waals surface area contributed by atoms with Crippen LogP contribution in [0.25, 0.3) is 0 Å². The predicted octanol–water partition coefficient (Wildman–Crippen LogP) is 3.20. The van der Waals surface area contributed by atoms with Gasteiger partial charge in [-0.05, 0) is 31.2 Å². The average Bonchev–Trinajstić information content (AvgIpc) is 2.55. The van der Waals surface area contributed by atoms with Gasteiger partial charge in [0.1, 0.15) is 11.6 Å². The Morgan fingerprint density at radius 1 is 1.12 bits per heavy atom. The Labute approximate surface area is 144 Å². The number of halogens is 3. The summed E-state index contributed by atoms with van der Waals surface area (Å²) in [5.74, 6) is -5.21. The third-order valence-corrected chi connectivity index (χ3v) is 3.21. The Bertz CT molecular complexity index is 888. The molecule has 1 unspecified atom stereocenters. The minimum atomic E-state index is -1.41. The van der Waals surface area contributed by atoms with E-state index in [0.717, 1.165) is 30.3 Å². The fraction of sp³-hybridized carbons (Fsp3) is 0.125. The standard InChI is InChI=1S/C16H11F3N2O5/c1-8(26-16(23)11-4-2-9(17)6-13(11)19)15(22)20-10-3-5-12(18)14(7-10)21(24)25/h2-8H,1H3,(H,20,22). The van der Waals surface area contributed by atoms with Gasteiger partial charge in [0, 0.05) is 17.8 Å². The Balaban J connectivity index is 2.07. The summed E-state index contributed by atoms with van der Waals surface area (Å²) in [4.78, 5) is 33.5. The number of carbonyl (C=O) groups is 2. The number of rotatable bonds is 5. The lowest BCUT2D eigenvalue weighted by Gasteiger charge is -2.14. The molecule has 1 atom stereocenters. The summed E-state index contributed by atoms with van der Waals surface area (Å²) in [7, 11) is 0. The number of hydrogen-bond donors (Lipinski definition) is 1. The molecule has 2 aromatic carbocycles. The average molecular weight is 368 g/mol. The van der Waals surface area contributed by atoms with E-state index in [1.165, 1.54) is 6.92 Å². The highest BCUT2D eigenvalue weighted by molar-refractivity contribution is 5.97. The lowest BCUT2D eigenvalue weighted by atomic mass is 10.2. The van der Waals surface area contributed by atoms with Gasteiger partial charge in [-0.1, -0.05) is 0 Å². The van der Waals surface area contributed by atoms with E-state index in [-0.39, 0.29) is 5.69 Å². The van der Waals surface area contributed by atoms with Crippen molar-refractivity contribution in [2.75, 3.05) is 5.32 Å². The van der Waals surface area contributed by atoms with Crippen LogP contribution < -0.4 is 5.32 Å². The van der Waals surface area contributed by atoms with Gasteiger partial charge in [0.25, 0.3) is 5.91 Å². The zero-order valence-electron chi connectivity index (χ0n) is 13.2. The molecule has 2 rings (SSSR count). The lowest BCUT2D eigenvalue weighted by molar-refractivity contribution is -0.387. The molecule has 0 radical (unpaired) electrons. The van der Waals surface area contributed by atoms with E-state index in [1.54, 1.807) is 0 Å². The molecular weight excluding hydrogens is 357 g/mol. The maximum Gasteiger partial charge on any atom is 0.341 e. The van der Waals surface area contributed by atoms with E-state index in [1.807, 2.05) is 0 Å². The van der Waals surface area contributed by atoms with Gasteiger partial charge in [0.15, 0.2) is 6.10 Å². The van der Waals surface area contributed by atoms with Gasteiger partial charge in [-0.2, -0.15) is 4.39 Å². The van der Waals surface area contributed by atoms with Gasteiger partial charge in [0.2, 0.25) is 5.82 Å². The highest BCUT2D eigenvalue weighted by Gasteiger charge is 2.22. The maximum absolute atomic E-state index is 13.5. The summed E-state index contributed by atoms with van der Waals surface area (Å²) in [5.41, 5.74) is -1.51. The number of nitro benzene ring substituents is 1. The normalized spacial score (nSPS) is 11.5. The highest BCUT2D eigenvalue weighted by Crippen LogP contribution is 2.22. The molecule has 7 nitrogen and oxygen atoms in total. The molecule has 1 amide bonds. The first-order valence-corrected chi connectivity index (χ1v) is 7.10. The van der Waals surface area contributed by atoms with Crippen LogP contribution >= 0.6 is 0 Å². The second kappa shape index (κ2) is 7.64. The lowest BCUT2D eigenvalue weighted by Crippen LogP contribution is -2.30. The minimum Gasteiger partial charge on any atom is -0.449 e. The molecule has 0 heterocycles. The fourth-order valence-corrected chi connectivity index (χ4v) is 1.91. The second-order valence-electron chi connectivity index (χ2n) is 5.08. The largest absolute Gasteiger partial charge is 0.449 e. The molecule has 0 saturated heterocycles. The van der Waals surface area contributed by atoms with Crippen LogP contribution in [0.15, 0.2) is 36.4 Å². The van der Waals surface area contributed by atoms with Crippen molar-refractivity contribution in [1.29, 1.82) is 0 Å². The highest BCUT2D eigenvalue weighted by atomic mass is 19.1. The Morgan fingerprint density at radius 2 is 1.81 bits per heavy atom. The Kier molecular flexibility index (Phi) is 5.55. The van der Waals surface area contributed by atoms with Crippen molar-refractivity contribution in [2.24, 2.45) is 0 Å². The zero-order chi connectivity index (χ0) is 19.4. The van der Waals surface area contributed by atoms with Gasteiger partial charge in [-0.25, -0.2) is 13.6 Å². The first-order chi connectivity index (χ1) is 12.2. The number of carbonyl (C=O) groups excluding carboxylic acids is 2. The number of benzene rings is 2. The zero-order valence-corrected chi connectivity index (χ0v) is 13.2. The minimum absolute atomic E-state index is 0.0982. The van der Waals surface area contributed by atoms with E-state index in [0.29, 0.717) is 6.07 Å². The molecule has 2 aromatic rings. The van der Waals surface area contributed by atoms with Crippen molar-refractivity contribution in [3.63, 3.8) is 0 Å². The molecule has 0 fully saturated rings. The van der Waals surface area contributed by atoms with Crippen molar-refractivity contribution in [1.82, 2.24) is 0 Å². The molecule has 136 valence electrons.